The number of amides is 2. The van der Waals surface area contributed by atoms with Crippen molar-refractivity contribution in [2.45, 2.75) is 125 Å². The minimum atomic E-state index is -0.441. The first-order valence-electron chi connectivity index (χ1n) is 23.1. The molecule has 0 radical (unpaired) electrons. The molecular formula is C52H64N6O2. The third-order valence-corrected chi connectivity index (χ3v) is 15.2. The minimum absolute atomic E-state index is 0.0568. The van der Waals surface area contributed by atoms with E-state index in [0.29, 0.717) is 30.6 Å². The van der Waals surface area contributed by atoms with Crippen molar-refractivity contribution < 1.29 is 9.59 Å². The molecule has 4 aromatic rings. The van der Waals surface area contributed by atoms with Crippen molar-refractivity contribution in [2.75, 3.05) is 32.8 Å². The van der Waals surface area contributed by atoms with E-state index in [9.17, 15) is 9.59 Å². The first-order chi connectivity index (χ1) is 29.5. The zero-order valence-corrected chi connectivity index (χ0v) is 35.4. The fraction of sp³-hybridized carbons (Fsp3) is 0.481. The molecule has 8 heteroatoms. The van der Waals surface area contributed by atoms with E-state index in [1.165, 1.54) is 73.6 Å². The number of aliphatic imine (C=N–C) groups is 1. The van der Waals surface area contributed by atoms with Crippen LogP contribution in [0.2, 0.25) is 0 Å². The molecule has 1 N–H and O–H groups in total. The van der Waals surface area contributed by atoms with Crippen molar-refractivity contribution in [1.29, 1.82) is 0 Å². The van der Waals surface area contributed by atoms with E-state index in [2.05, 4.69) is 145 Å². The number of benzene rings is 4. The Morgan fingerprint density at radius 2 is 0.967 bits per heavy atom. The van der Waals surface area contributed by atoms with Gasteiger partial charge in [-0.2, -0.15) is 0 Å². The molecule has 0 unspecified atom stereocenters. The molecule has 2 aliphatic carbocycles. The quantitative estimate of drug-likeness (QED) is 0.192. The highest BCUT2D eigenvalue weighted by molar-refractivity contribution is 5.98. The summed E-state index contributed by atoms with van der Waals surface area (Å²) < 4.78 is 0. The van der Waals surface area contributed by atoms with E-state index in [4.69, 9.17) is 0 Å². The Morgan fingerprint density at radius 1 is 0.533 bits per heavy atom. The van der Waals surface area contributed by atoms with E-state index < -0.39 is 5.54 Å². The van der Waals surface area contributed by atoms with E-state index in [-0.39, 0.29) is 17.4 Å². The summed E-state index contributed by atoms with van der Waals surface area (Å²) in [5.41, 5.74) is 4.72. The number of nitrogens with zero attached hydrogens (tertiary/aromatic N) is 5. The van der Waals surface area contributed by atoms with Gasteiger partial charge in [-0.15, -0.1) is 0 Å². The molecule has 4 atom stereocenters. The fourth-order valence-electron chi connectivity index (χ4n) is 11.9. The predicted molar refractivity (Wildman–Crippen MR) is 240 cm³/mol. The summed E-state index contributed by atoms with van der Waals surface area (Å²) in [4.78, 5) is 40.0. The van der Waals surface area contributed by atoms with Gasteiger partial charge in [-0.1, -0.05) is 147 Å². The van der Waals surface area contributed by atoms with Gasteiger partial charge in [0, 0.05) is 51.4 Å². The Morgan fingerprint density at radius 3 is 1.47 bits per heavy atom. The normalized spacial score (nSPS) is 26.8. The Labute approximate surface area is 358 Å². The lowest BCUT2D eigenvalue weighted by Crippen LogP contribution is -2.58. The second-order valence-corrected chi connectivity index (χ2v) is 18.4. The number of carbonyl (C=O) groups is 2. The van der Waals surface area contributed by atoms with Crippen molar-refractivity contribution in [3.63, 3.8) is 0 Å². The van der Waals surface area contributed by atoms with Gasteiger partial charge in [0.25, 0.3) is 5.91 Å². The van der Waals surface area contributed by atoms with Gasteiger partial charge in [-0.25, -0.2) is 4.99 Å². The topological polar surface area (TPSA) is 71.5 Å². The second kappa shape index (κ2) is 18.6. The molecule has 6 aliphatic rings. The second-order valence-electron chi connectivity index (χ2n) is 18.4. The molecule has 4 aliphatic heterocycles. The number of hydrogen-bond donors (Lipinski definition) is 1. The maximum Gasteiger partial charge on any atom is 0.273 e. The van der Waals surface area contributed by atoms with Crippen LogP contribution in [0.25, 0.3) is 0 Å². The van der Waals surface area contributed by atoms with Gasteiger partial charge in [0.1, 0.15) is 11.1 Å². The van der Waals surface area contributed by atoms with Crippen molar-refractivity contribution in [1.82, 2.24) is 24.9 Å². The molecule has 0 bridgehead atoms. The fourth-order valence-corrected chi connectivity index (χ4v) is 11.9. The Kier molecular flexibility index (Phi) is 12.6. The van der Waals surface area contributed by atoms with E-state index in [1.807, 2.05) is 6.07 Å². The molecule has 3 saturated heterocycles. The van der Waals surface area contributed by atoms with Crippen LogP contribution in [0.4, 0.5) is 0 Å². The number of nitrogens with one attached hydrogen (secondary N) is 1. The lowest BCUT2D eigenvalue weighted by Gasteiger charge is -2.48. The van der Waals surface area contributed by atoms with E-state index >= 15 is 0 Å². The van der Waals surface area contributed by atoms with Crippen LogP contribution in [0.5, 0.6) is 0 Å². The lowest BCUT2D eigenvalue weighted by molar-refractivity contribution is -0.130. The van der Waals surface area contributed by atoms with E-state index in [0.717, 1.165) is 65.0 Å². The molecule has 10 rings (SSSR count). The SMILES string of the molecule is O=C1N=CN(Cc2ccccc2)C12CCN([C@H]1CCCC[C@H]1c1ccccc1)CC2.O=C1NCN(Cc2ccccc2)C12CCN([C@H]1CCCC[C@H]1c1ccccc1)CC2. The number of piperidine rings is 2. The highest BCUT2D eigenvalue weighted by atomic mass is 16.2. The summed E-state index contributed by atoms with van der Waals surface area (Å²) >= 11 is 0. The smallest absolute Gasteiger partial charge is 0.273 e. The van der Waals surface area contributed by atoms with Crippen LogP contribution in [0, 0.1) is 0 Å². The Hall–Kier alpha value is -4.63. The zero-order chi connectivity index (χ0) is 40.8. The van der Waals surface area contributed by atoms with Crippen LogP contribution < -0.4 is 5.32 Å². The van der Waals surface area contributed by atoms with Crippen LogP contribution in [0.3, 0.4) is 0 Å². The van der Waals surface area contributed by atoms with Crippen LogP contribution >= 0.6 is 0 Å². The molecule has 2 spiro atoms. The summed E-state index contributed by atoms with van der Waals surface area (Å²) in [7, 11) is 0. The Bertz CT molecular complexity index is 1950. The van der Waals surface area contributed by atoms with Gasteiger partial charge >= 0.3 is 0 Å². The summed E-state index contributed by atoms with van der Waals surface area (Å²) in [5.74, 6) is 1.54. The molecule has 2 saturated carbocycles. The van der Waals surface area contributed by atoms with Crippen molar-refractivity contribution >= 4 is 18.2 Å². The minimum Gasteiger partial charge on any atom is -0.343 e. The molecule has 4 aromatic carbocycles. The average Bonchev–Trinajstić information content (AvgIpc) is 3.77. The van der Waals surface area contributed by atoms with E-state index in [1.54, 1.807) is 6.34 Å². The maximum atomic E-state index is 12.9. The Balaban J connectivity index is 0.000000154. The van der Waals surface area contributed by atoms with Crippen molar-refractivity contribution in [3.8, 4) is 0 Å². The largest absolute Gasteiger partial charge is 0.343 e. The van der Waals surface area contributed by atoms with Crippen LogP contribution in [0.15, 0.2) is 126 Å². The van der Waals surface area contributed by atoms with Gasteiger partial charge in [0.05, 0.1) is 13.0 Å². The molecule has 2 amide bonds. The molecule has 60 heavy (non-hydrogen) atoms. The summed E-state index contributed by atoms with van der Waals surface area (Å²) in [6, 6.07) is 44.3. The van der Waals surface area contributed by atoms with Gasteiger partial charge in [-0.3, -0.25) is 24.3 Å². The summed E-state index contributed by atoms with van der Waals surface area (Å²) in [6.07, 6.45) is 15.8. The number of hydrogen-bond acceptors (Lipinski definition) is 6. The first kappa shape index (κ1) is 40.8. The zero-order valence-electron chi connectivity index (χ0n) is 35.4. The van der Waals surface area contributed by atoms with Crippen LogP contribution in [0.1, 0.15) is 111 Å². The van der Waals surface area contributed by atoms with Gasteiger partial charge in [-0.05, 0) is 85.5 Å². The third kappa shape index (κ3) is 8.48. The standard InChI is InChI=1S/C26H33N3O.C26H31N3O/c2*30-25-26(29(20-27-25)19-21-9-3-1-4-10-21)15-17-28(18-16-26)24-14-8-7-13-23(24)22-11-5-2-6-12-22/h1-6,9-12,23-24H,7-8,13-20H2,(H,27,30);1-6,9-12,20,23-24H,7-8,13-19H2/t2*23-,24-/m00/s1. The van der Waals surface area contributed by atoms with Crippen LogP contribution in [-0.2, 0) is 22.7 Å². The summed E-state index contributed by atoms with van der Waals surface area (Å²) in [6.45, 7) is 6.27. The average molecular weight is 805 g/mol. The van der Waals surface area contributed by atoms with Crippen molar-refractivity contribution in [3.05, 3.63) is 144 Å². The summed E-state index contributed by atoms with van der Waals surface area (Å²) in [5, 5.41) is 3.15. The lowest BCUT2D eigenvalue weighted by atomic mass is 9.77. The van der Waals surface area contributed by atoms with Crippen LogP contribution in [-0.4, -0.2) is 93.8 Å². The predicted octanol–water partition coefficient (Wildman–Crippen LogP) is 8.76. The first-order valence-corrected chi connectivity index (χ1v) is 23.1. The maximum absolute atomic E-state index is 12.9. The number of carbonyl (C=O) groups excluding carboxylic acids is 2. The highest BCUT2D eigenvalue weighted by Crippen LogP contribution is 2.42. The molecule has 8 nitrogen and oxygen atoms in total. The number of likely N-dealkylation sites (tertiary alicyclic amines) is 2. The number of rotatable bonds is 8. The van der Waals surface area contributed by atoms with Gasteiger partial charge < -0.3 is 10.2 Å². The molecule has 314 valence electrons. The monoisotopic (exact) mass is 805 g/mol. The third-order valence-electron chi connectivity index (χ3n) is 15.2. The molecule has 5 fully saturated rings. The van der Waals surface area contributed by atoms with Crippen molar-refractivity contribution in [2.24, 2.45) is 4.99 Å². The molecule has 4 heterocycles. The molecular weight excluding hydrogens is 741 g/mol. The van der Waals surface area contributed by atoms with Gasteiger partial charge in [0.2, 0.25) is 5.91 Å². The highest BCUT2D eigenvalue weighted by Gasteiger charge is 2.52. The van der Waals surface area contributed by atoms with Gasteiger partial charge in [0.15, 0.2) is 0 Å². The molecule has 0 aromatic heterocycles.